The molecule has 0 aliphatic carbocycles. The molecule has 158 valence electrons. The van der Waals surface area contributed by atoms with Gasteiger partial charge in [-0.05, 0) is 18.6 Å². The van der Waals surface area contributed by atoms with Gasteiger partial charge in [0.05, 0.1) is 36.9 Å². The van der Waals surface area contributed by atoms with Crippen LogP contribution in [0.4, 0.5) is 15.8 Å². The second-order valence-corrected chi connectivity index (χ2v) is 8.38. The van der Waals surface area contributed by atoms with Crippen molar-refractivity contribution in [3.8, 4) is 11.5 Å². The fraction of sp³-hybridized carbons (Fsp3) is 0.316. The number of hydrogen-bond donors (Lipinski definition) is 1. The maximum atomic E-state index is 14.3. The van der Waals surface area contributed by atoms with Crippen molar-refractivity contribution in [1.82, 2.24) is 0 Å². The van der Waals surface area contributed by atoms with Crippen LogP contribution in [0.5, 0.6) is 11.5 Å². The highest BCUT2D eigenvalue weighted by molar-refractivity contribution is 7.92. The number of anilines is 2. The average molecular weight is 445 g/mol. The van der Waals surface area contributed by atoms with Crippen LogP contribution < -0.4 is 19.1 Å². The monoisotopic (exact) mass is 444 g/mol. The largest absolute Gasteiger partial charge is 0.495 e. The molecule has 0 saturated carbocycles. The Bertz CT molecular complexity index is 1000. The van der Waals surface area contributed by atoms with Gasteiger partial charge in [0.2, 0.25) is 15.9 Å². The third kappa shape index (κ3) is 5.10. The molecule has 0 bridgehead atoms. The molecule has 0 saturated heterocycles. The predicted octanol–water partition coefficient (Wildman–Crippen LogP) is 3.68. The molecule has 7 nitrogen and oxygen atoms in total. The Morgan fingerprint density at radius 1 is 1.21 bits per heavy atom. The van der Waals surface area contributed by atoms with E-state index in [1.165, 1.54) is 44.6 Å². The fourth-order valence-electron chi connectivity index (χ4n) is 2.84. The molecule has 10 heteroatoms. The van der Waals surface area contributed by atoms with Gasteiger partial charge in [0.1, 0.15) is 23.4 Å². The van der Waals surface area contributed by atoms with Crippen LogP contribution in [0, 0.1) is 5.82 Å². The number of carbonyl (C=O) groups is 1. The van der Waals surface area contributed by atoms with E-state index in [4.69, 9.17) is 21.1 Å². The number of amides is 1. The SMILES string of the molecule is CCC(C(=O)Nc1cc(OC)c(Cl)cc1OC)N(c1ccccc1F)S(C)(=O)=O. The van der Waals surface area contributed by atoms with Crippen LogP contribution in [0.15, 0.2) is 36.4 Å². The first-order valence-corrected chi connectivity index (χ1v) is 10.8. The van der Waals surface area contributed by atoms with Gasteiger partial charge in [-0.3, -0.25) is 9.10 Å². The number of nitrogens with zero attached hydrogens (tertiary/aromatic N) is 1. The molecule has 0 aliphatic rings. The first-order chi connectivity index (χ1) is 13.6. The molecule has 0 aromatic heterocycles. The van der Waals surface area contributed by atoms with Gasteiger partial charge in [0.15, 0.2) is 0 Å². The molecule has 2 aromatic carbocycles. The Balaban J connectivity index is 2.47. The number of benzene rings is 2. The molecular weight excluding hydrogens is 423 g/mol. The van der Waals surface area contributed by atoms with Crippen molar-refractivity contribution in [2.75, 3.05) is 30.1 Å². The lowest BCUT2D eigenvalue weighted by atomic mass is 10.1. The van der Waals surface area contributed by atoms with E-state index in [0.717, 1.165) is 16.6 Å². The van der Waals surface area contributed by atoms with E-state index < -0.39 is 27.8 Å². The quantitative estimate of drug-likeness (QED) is 0.671. The second kappa shape index (κ2) is 9.32. The van der Waals surface area contributed by atoms with Gasteiger partial charge >= 0.3 is 0 Å². The highest BCUT2D eigenvalue weighted by atomic mass is 35.5. The number of methoxy groups -OCH3 is 2. The lowest BCUT2D eigenvalue weighted by Gasteiger charge is -2.30. The van der Waals surface area contributed by atoms with Crippen molar-refractivity contribution in [2.24, 2.45) is 0 Å². The van der Waals surface area contributed by atoms with Crippen molar-refractivity contribution in [1.29, 1.82) is 0 Å². The van der Waals surface area contributed by atoms with Crippen molar-refractivity contribution >= 4 is 38.9 Å². The minimum absolute atomic E-state index is 0.0975. The van der Waals surface area contributed by atoms with Crippen molar-refractivity contribution in [3.63, 3.8) is 0 Å². The summed E-state index contributed by atoms with van der Waals surface area (Å²) in [6.07, 6.45) is 1.02. The van der Waals surface area contributed by atoms with Crippen LogP contribution in [0.25, 0.3) is 0 Å². The summed E-state index contributed by atoms with van der Waals surface area (Å²) in [5, 5.41) is 2.90. The number of rotatable bonds is 8. The number of halogens is 2. The van der Waals surface area contributed by atoms with Gasteiger partial charge in [0.25, 0.3) is 0 Å². The van der Waals surface area contributed by atoms with E-state index in [-0.39, 0.29) is 28.6 Å². The molecule has 0 radical (unpaired) electrons. The summed E-state index contributed by atoms with van der Waals surface area (Å²) >= 11 is 6.07. The van der Waals surface area contributed by atoms with E-state index >= 15 is 0 Å². The molecule has 0 aliphatic heterocycles. The Labute approximate surface area is 174 Å². The van der Waals surface area contributed by atoms with Crippen molar-refractivity contribution < 1.29 is 27.1 Å². The highest BCUT2D eigenvalue weighted by Crippen LogP contribution is 2.36. The number of sulfonamides is 1. The maximum absolute atomic E-state index is 14.3. The number of hydrogen-bond acceptors (Lipinski definition) is 5. The standard InChI is InChI=1S/C19H22ClFN2O5S/c1-5-15(23(29(4,25)26)16-9-7-6-8-13(16)21)19(24)22-14-11-17(27-2)12(20)10-18(14)28-3/h6-11,15H,5H2,1-4H3,(H,22,24). The zero-order chi connectivity index (χ0) is 21.8. The topological polar surface area (TPSA) is 84.9 Å². The summed E-state index contributed by atoms with van der Waals surface area (Å²) in [6, 6.07) is 7.08. The fourth-order valence-corrected chi connectivity index (χ4v) is 4.28. The molecule has 2 rings (SSSR count). The molecule has 29 heavy (non-hydrogen) atoms. The zero-order valence-corrected chi connectivity index (χ0v) is 18.0. The molecule has 2 aromatic rings. The number of nitrogens with one attached hydrogen (secondary N) is 1. The van der Waals surface area contributed by atoms with Crippen molar-refractivity contribution in [3.05, 3.63) is 47.2 Å². The Morgan fingerprint density at radius 2 is 1.83 bits per heavy atom. The Kier molecular flexibility index (Phi) is 7.32. The third-order valence-corrected chi connectivity index (χ3v) is 5.61. The molecule has 0 fully saturated rings. The zero-order valence-electron chi connectivity index (χ0n) is 16.4. The molecule has 0 spiro atoms. The number of para-hydroxylation sites is 1. The normalized spacial score (nSPS) is 12.2. The van der Waals surface area contributed by atoms with Crippen LogP contribution in [0.3, 0.4) is 0 Å². The summed E-state index contributed by atoms with van der Waals surface area (Å²) in [5.74, 6) is -0.862. The molecule has 1 amide bonds. The van der Waals surface area contributed by atoms with E-state index in [1.807, 2.05) is 0 Å². The Hall–Kier alpha value is -2.52. The molecular formula is C19H22ClFN2O5S. The predicted molar refractivity (Wildman–Crippen MR) is 111 cm³/mol. The summed E-state index contributed by atoms with van der Waals surface area (Å²) in [5.41, 5.74) is 0.0248. The maximum Gasteiger partial charge on any atom is 0.248 e. The number of carbonyl (C=O) groups excluding carboxylic acids is 1. The van der Waals surface area contributed by atoms with E-state index in [0.29, 0.717) is 5.75 Å². The second-order valence-electron chi connectivity index (χ2n) is 6.11. The number of ether oxygens (including phenoxy) is 2. The summed E-state index contributed by atoms with van der Waals surface area (Å²) in [4.78, 5) is 13.0. The van der Waals surface area contributed by atoms with Crippen LogP contribution in [-0.2, 0) is 14.8 Å². The van der Waals surface area contributed by atoms with Gasteiger partial charge in [-0.1, -0.05) is 30.7 Å². The van der Waals surface area contributed by atoms with Crippen LogP contribution in [-0.4, -0.2) is 40.8 Å². The first kappa shape index (κ1) is 22.8. The Morgan fingerprint density at radius 3 is 2.34 bits per heavy atom. The highest BCUT2D eigenvalue weighted by Gasteiger charge is 2.33. The van der Waals surface area contributed by atoms with E-state index in [2.05, 4.69) is 5.32 Å². The smallest absolute Gasteiger partial charge is 0.248 e. The lowest BCUT2D eigenvalue weighted by molar-refractivity contribution is -0.117. The van der Waals surface area contributed by atoms with Gasteiger partial charge in [0, 0.05) is 12.1 Å². The van der Waals surface area contributed by atoms with E-state index in [1.54, 1.807) is 6.92 Å². The van der Waals surface area contributed by atoms with Crippen LogP contribution >= 0.6 is 11.6 Å². The molecule has 1 atom stereocenters. The van der Waals surface area contributed by atoms with E-state index in [9.17, 15) is 17.6 Å². The van der Waals surface area contributed by atoms with Crippen LogP contribution in [0.2, 0.25) is 5.02 Å². The minimum Gasteiger partial charge on any atom is -0.495 e. The third-order valence-electron chi connectivity index (χ3n) is 4.15. The van der Waals surface area contributed by atoms with Gasteiger partial charge in [-0.2, -0.15) is 0 Å². The summed E-state index contributed by atoms with van der Waals surface area (Å²) in [7, 11) is -1.16. The first-order valence-electron chi connectivity index (χ1n) is 8.60. The van der Waals surface area contributed by atoms with Gasteiger partial charge in [-0.15, -0.1) is 0 Å². The summed E-state index contributed by atoms with van der Waals surface area (Å²) in [6.45, 7) is 1.63. The van der Waals surface area contributed by atoms with Gasteiger partial charge < -0.3 is 14.8 Å². The molecule has 1 unspecified atom stereocenters. The average Bonchev–Trinajstić information content (AvgIpc) is 2.66. The van der Waals surface area contributed by atoms with Gasteiger partial charge in [-0.25, -0.2) is 12.8 Å². The molecule has 0 heterocycles. The molecule has 1 N–H and O–H groups in total. The minimum atomic E-state index is -3.97. The van der Waals surface area contributed by atoms with Crippen molar-refractivity contribution in [2.45, 2.75) is 19.4 Å². The lowest BCUT2D eigenvalue weighted by Crippen LogP contribution is -2.47. The summed E-state index contributed by atoms with van der Waals surface area (Å²) < 4.78 is 50.3. The van der Waals surface area contributed by atoms with Crippen LogP contribution in [0.1, 0.15) is 13.3 Å².